The average molecular weight is 436 g/mol. The molecule has 1 spiro atoms. The topological polar surface area (TPSA) is 91.1 Å². The smallest absolute Gasteiger partial charge is 0.338 e. The first-order chi connectivity index (χ1) is 15.4. The second kappa shape index (κ2) is 7.63. The Kier molecular flexibility index (Phi) is 4.89. The van der Waals surface area contributed by atoms with Crippen molar-refractivity contribution in [2.75, 3.05) is 20.7 Å². The van der Waals surface area contributed by atoms with Crippen LogP contribution in [0.2, 0.25) is 0 Å². The lowest BCUT2D eigenvalue weighted by molar-refractivity contribution is -0.384. The van der Waals surface area contributed by atoms with Gasteiger partial charge in [-0.05, 0) is 49.9 Å². The summed E-state index contributed by atoms with van der Waals surface area (Å²) in [4.78, 5) is 25.3. The molecule has 8 heteroatoms. The number of carbonyl (C=O) groups excluding carboxylic acids is 1. The third-order valence-corrected chi connectivity index (χ3v) is 6.70. The highest BCUT2D eigenvalue weighted by Crippen LogP contribution is 2.55. The van der Waals surface area contributed by atoms with E-state index in [1.807, 2.05) is 12.1 Å². The summed E-state index contributed by atoms with van der Waals surface area (Å²) in [5, 5.41) is 10.8. The van der Waals surface area contributed by atoms with Gasteiger partial charge in [0.1, 0.15) is 12.2 Å². The van der Waals surface area contributed by atoms with E-state index in [0.29, 0.717) is 6.42 Å². The van der Waals surface area contributed by atoms with Gasteiger partial charge < -0.3 is 19.1 Å². The highest BCUT2D eigenvalue weighted by molar-refractivity contribution is 5.89. The number of nitro groups is 1. The van der Waals surface area contributed by atoms with E-state index in [1.165, 1.54) is 35.4 Å². The summed E-state index contributed by atoms with van der Waals surface area (Å²) in [6.07, 6.45) is 4.91. The Morgan fingerprint density at radius 2 is 2.03 bits per heavy atom. The lowest BCUT2D eigenvalue weighted by Gasteiger charge is -2.36. The Morgan fingerprint density at radius 1 is 1.25 bits per heavy atom. The molecule has 3 aliphatic rings. The Balaban J connectivity index is 1.41. The Hall–Kier alpha value is -3.39. The zero-order chi connectivity index (χ0) is 22.5. The van der Waals surface area contributed by atoms with Crippen molar-refractivity contribution in [3.8, 4) is 11.5 Å². The monoisotopic (exact) mass is 436 g/mol. The number of hydrogen-bond donors (Lipinski definition) is 0. The lowest BCUT2D eigenvalue weighted by Crippen LogP contribution is -2.43. The summed E-state index contributed by atoms with van der Waals surface area (Å²) >= 11 is 0. The van der Waals surface area contributed by atoms with E-state index in [1.54, 1.807) is 7.11 Å². The predicted octanol–water partition coefficient (Wildman–Crippen LogP) is 3.62. The minimum Gasteiger partial charge on any atom is -0.493 e. The van der Waals surface area contributed by atoms with Gasteiger partial charge in [-0.25, -0.2) is 4.79 Å². The van der Waals surface area contributed by atoms with Crippen LogP contribution in [-0.4, -0.2) is 48.7 Å². The molecule has 2 aliphatic heterocycles. The molecule has 2 aromatic rings. The fourth-order valence-electron chi connectivity index (χ4n) is 5.08. The maximum Gasteiger partial charge on any atom is 0.338 e. The van der Waals surface area contributed by atoms with Crippen molar-refractivity contribution in [1.82, 2.24) is 4.90 Å². The number of nitro benzene ring substituents is 1. The Bertz CT molecular complexity index is 1110. The van der Waals surface area contributed by atoms with Crippen LogP contribution in [0.1, 0.15) is 34.3 Å². The minimum absolute atomic E-state index is 0.0683. The molecule has 2 heterocycles. The summed E-state index contributed by atoms with van der Waals surface area (Å²) in [6, 6.07) is 9.49. The maximum absolute atomic E-state index is 12.6. The molecule has 166 valence electrons. The molecule has 0 bridgehead atoms. The lowest BCUT2D eigenvalue weighted by atomic mass is 9.69. The van der Waals surface area contributed by atoms with Gasteiger partial charge in [0.2, 0.25) is 0 Å². The first kappa shape index (κ1) is 20.5. The van der Waals surface area contributed by atoms with Crippen molar-refractivity contribution in [1.29, 1.82) is 0 Å². The first-order valence-electron chi connectivity index (χ1n) is 10.6. The first-order valence-corrected chi connectivity index (χ1v) is 10.6. The van der Waals surface area contributed by atoms with Crippen LogP contribution in [0.25, 0.3) is 0 Å². The highest BCUT2D eigenvalue weighted by atomic mass is 16.6. The van der Waals surface area contributed by atoms with Crippen molar-refractivity contribution in [2.24, 2.45) is 0 Å². The number of rotatable bonds is 4. The molecule has 1 aliphatic carbocycles. The summed E-state index contributed by atoms with van der Waals surface area (Å²) < 4.78 is 17.7. The van der Waals surface area contributed by atoms with Crippen molar-refractivity contribution in [3.63, 3.8) is 0 Å². The number of methoxy groups -OCH3 is 1. The number of ether oxygens (including phenoxy) is 3. The van der Waals surface area contributed by atoms with Gasteiger partial charge in [0, 0.05) is 30.7 Å². The molecule has 8 nitrogen and oxygen atoms in total. The van der Waals surface area contributed by atoms with Crippen LogP contribution in [0, 0.1) is 10.1 Å². The molecule has 0 fully saturated rings. The quantitative estimate of drug-likeness (QED) is 0.313. The van der Waals surface area contributed by atoms with Gasteiger partial charge in [-0.3, -0.25) is 10.1 Å². The van der Waals surface area contributed by atoms with Crippen LogP contribution in [0.3, 0.4) is 0 Å². The second-order valence-electron chi connectivity index (χ2n) is 8.61. The molecule has 5 rings (SSSR count). The van der Waals surface area contributed by atoms with Gasteiger partial charge in [0.25, 0.3) is 5.69 Å². The maximum atomic E-state index is 12.6. The van der Waals surface area contributed by atoms with Gasteiger partial charge in [-0.15, -0.1) is 0 Å². The zero-order valence-electron chi connectivity index (χ0n) is 17.9. The van der Waals surface area contributed by atoms with Crippen LogP contribution in [0.4, 0.5) is 5.69 Å². The third kappa shape index (κ3) is 3.22. The van der Waals surface area contributed by atoms with E-state index >= 15 is 0 Å². The summed E-state index contributed by atoms with van der Waals surface area (Å²) in [6.45, 7) is 1.77. The van der Waals surface area contributed by atoms with Gasteiger partial charge in [-0.1, -0.05) is 12.1 Å². The summed E-state index contributed by atoms with van der Waals surface area (Å²) in [7, 11) is 3.76. The van der Waals surface area contributed by atoms with Gasteiger partial charge in [0.05, 0.1) is 23.0 Å². The van der Waals surface area contributed by atoms with Crippen LogP contribution >= 0.6 is 0 Å². The Labute approximate surface area is 185 Å². The molecule has 0 radical (unpaired) electrons. The molecule has 0 aromatic heterocycles. The van der Waals surface area contributed by atoms with E-state index in [4.69, 9.17) is 14.2 Å². The molecule has 2 aromatic carbocycles. The average Bonchev–Trinajstić information content (AvgIpc) is 3.05. The highest BCUT2D eigenvalue weighted by Gasteiger charge is 2.53. The SMILES string of the molecule is COc1ccc2c3c1OC1CC(OC(=O)c4ccc([N+](=O)[O-])cc4)C=CC31CCN(C)C2. The molecular weight excluding hydrogens is 412 g/mol. The van der Waals surface area contributed by atoms with Crippen LogP contribution in [-0.2, 0) is 16.7 Å². The van der Waals surface area contributed by atoms with E-state index in [2.05, 4.69) is 24.1 Å². The van der Waals surface area contributed by atoms with Gasteiger partial charge in [0.15, 0.2) is 11.5 Å². The number of non-ortho nitro benzene ring substituents is 1. The fourth-order valence-corrected chi connectivity index (χ4v) is 5.08. The molecule has 0 saturated carbocycles. The normalized spacial score (nSPS) is 25.8. The van der Waals surface area contributed by atoms with Crippen LogP contribution < -0.4 is 9.47 Å². The second-order valence-corrected chi connectivity index (χ2v) is 8.61. The number of benzene rings is 2. The predicted molar refractivity (Wildman–Crippen MR) is 116 cm³/mol. The van der Waals surface area contributed by atoms with Gasteiger partial charge in [-0.2, -0.15) is 0 Å². The van der Waals surface area contributed by atoms with E-state index in [-0.39, 0.29) is 22.8 Å². The minimum atomic E-state index is -0.514. The third-order valence-electron chi connectivity index (χ3n) is 6.70. The zero-order valence-corrected chi connectivity index (χ0v) is 17.9. The van der Waals surface area contributed by atoms with Crippen LogP contribution in [0.5, 0.6) is 11.5 Å². The van der Waals surface area contributed by atoms with Crippen molar-refractivity contribution in [2.45, 2.75) is 37.0 Å². The fraction of sp³-hybridized carbons (Fsp3) is 0.375. The molecule has 3 atom stereocenters. The summed E-state index contributed by atoms with van der Waals surface area (Å²) in [5.41, 5.74) is 2.35. The van der Waals surface area contributed by atoms with Crippen molar-refractivity contribution in [3.05, 3.63) is 75.4 Å². The van der Waals surface area contributed by atoms with Crippen LogP contribution in [0.15, 0.2) is 48.6 Å². The van der Waals surface area contributed by atoms with Crippen molar-refractivity contribution >= 4 is 11.7 Å². The largest absolute Gasteiger partial charge is 0.493 e. The van der Waals surface area contributed by atoms with E-state index in [0.717, 1.165) is 31.0 Å². The number of hydrogen-bond acceptors (Lipinski definition) is 7. The van der Waals surface area contributed by atoms with E-state index < -0.39 is 17.0 Å². The molecule has 3 unspecified atom stereocenters. The Morgan fingerprint density at radius 3 is 2.75 bits per heavy atom. The molecule has 0 saturated heterocycles. The molecule has 0 N–H and O–H groups in total. The number of nitrogens with zero attached hydrogens (tertiary/aromatic N) is 2. The summed E-state index contributed by atoms with van der Waals surface area (Å²) in [5.74, 6) is 0.993. The van der Waals surface area contributed by atoms with Crippen molar-refractivity contribution < 1.29 is 23.9 Å². The molecule has 32 heavy (non-hydrogen) atoms. The molecular formula is C24H24N2O6. The standard InChI is InChI=1S/C24H24N2O6/c1-25-12-11-24-10-9-18(31-23(27)15-3-6-17(7-4-15)26(28)29)13-20(24)32-22-19(30-2)8-5-16(14-25)21(22)24/h3-10,18,20H,11-14H2,1-2H3. The number of carbonyl (C=O) groups is 1. The van der Waals surface area contributed by atoms with Gasteiger partial charge >= 0.3 is 5.97 Å². The van der Waals surface area contributed by atoms with E-state index in [9.17, 15) is 14.9 Å². The molecule has 0 amide bonds. The number of esters is 1.